The lowest BCUT2D eigenvalue weighted by Gasteiger charge is -2.45. The van der Waals surface area contributed by atoms with Crippen LogP contribution in [0.15, 0.2) is 12.1 Å². The summed E-state index contributed by atoms with van der Waals surface area (Å²) in [4.78, 5) is 2.04. The lowest BCUT2D eigenvalue weighted by Crippen LogP contribution is -2.51. The minimum atomic E-state index is -0.760. The van der Waals surface area contributed by atoms with Gasteiger partial charge in [0.25, 0.3) is 0 Å². The first-order valence-corrected chi connectivity index (χ1v) is 6.17. The molecule has 1 aromatic carbocycles. The molecular formula is C13H16F2N2. The molecule has 4 heteroatoms. The van der Waals surface area contributed by atoms with Gasteiger partial charge in [0.2, 0.25) is 0 Å². The molecule has 0 aromatic heterocycles. The normalized spacial score (nSPS) is 27.1. The van der Waals surface area contributed by atoms with Crippen LogP contribution in [0.4, 0.5) is 20.2 Å². The van der Waals surface area contributed by atoms with Crippen LogP contribution in [0.5, 0.6) is 0 Å². The van der Waals surface area contributed by atoms with Gasteiger partial charge >= 0.3 is 0 Å². The van der Waals surface area contributed by atoms with E-state index in [0.717, 1.165) is 25.9 Å². The molecule has 17 heavy (non-hydrogen) atoms. The number of piperidine rings is 1. The molecule has 0 aliphatic carbocycles. The molecule has 1 saturated heterocycles. The van der Waals surface area contributed by atoms with Crippen molar-refractivity contribution >= 4 is 11.4 Å². The van der Waals surface area contributed by atoms with Gasteiger partial charge in [-0.05, 0) is 30.9 Å². The maximum absolute atomic E-state index is 13.9. The number of nitrogens with one attached hydrogen (secondary N) is 1. The third kappa shape index (κ3) is 1.58. The summed E-state index contributed by atoms with van der Waals surface area (Å²) in [5.41, 5.74) is 1.14. The highest BCUT2D eigenvalue weighted by Gasteiger charge is 2.35. The Morgan fingerprint density at radius 3 is 3.00 bits per heavy atom. The molecule has 3 rings (SSSR count). The van der Waals surface area contributed by atoms with E-state index in [0.29, 0.717) is 17.3 Å². The van der Waals surface area contributed by atoms with Gasteiger partial charge in [-0.1, -0.05) is 6.92 Å². The fraction of sp³-hybridized carbons (Fsp3) is 0.538. The molecule has 0 radical (unpaired) electrons. The molecule has 92 valence electrons. The highest BCUT2D eigenvalue weighted by Crippen LogP contribution is 2.39. The molecule has 2 aliphatic heterocycles. The van der Waals surface area contributed by atoms with Gasteiger partial charge in [-0.15, -0.1) is 0 Å². The number of halogens is 2. The third-order valence-electron chi connectivity index (χ3n) is 3.97. The van der Waals surface area contributed by atoms with Crippen molar-refractivity contribution in [3.63, 3.8) is 0 Å². The smallest absolute Gasteiger partial charge is 0.184 e. The lowest BCUT2D eigenvalue weighted by molar-refractivity contribution is 0.345. The summed E-state index contributed by atoms with van der Waals surface area (Å²) in [5.74, 6) is -0.953. The first-order valence-electron chi connectivity index (χ1n) is 6.17. The number of anilines is 2. The van der Waals surface area contributed by atoms with E-state index in [1.807, 2.05) is 4.90 Å². The number of benzene rings is 1. The van der Waals surface area contributed by atoms with Gasteiger partial charge in [-0.3, -0.25) is 0 Å². The summed E-state index contributed by atoms with van der Waals surface area (Å²) in [5, 5.41) is 3.21. The van der Waals surface area contributed by atoms with E-state index in [1.165, 1.54) is 6.07 Å². The highest BCUT2D eigenvalue weighted by atomic mass is 19.2. The fourth-order valence-corrected chi connectivity index (χ4v) is 3.02. The van der Waals surface area contributed by atoms with Gasteiger partial charge in [0.05, 0.1) is 11.4 Å². The van der Waals surface area contributed by atoms with Crippen LogP contribution in [0.25, 0.3) is 0 Å². The van der Waals surface area contributed by atoms with E-state index in [-0.39, 0.29) is 6.04 Å². The molecule has 0 saturated carbocycles. The molecule has 1 N–H and O–H groups in total. The van der Waals surface area contributed by atoms with Gasteiger partial charge < -0.3 is 10.2 Å². The Morgan fingerprint density at radius 2 is 2.18 bits per heavy atom. The topological polar surface area (TPSA) is 15.3 Å². The number of nitrogens with zero attached hydrogens (tertiary/aromatic N) is 1. The van der Waals surface area contributed by atoms with Crippen LogP contribution < -0.4 is 10.2 Å². The predicted molar refractivity (Wildman–Crippen MR) is 64.4 cm³/mol. The monoisotopic (exact) mass is 238 g/mol. The Balaban J connectivity index is 2.08. The zero-order valence-electron chi connectivity index (χ0n) is 9.84. The number of rotatable bonds is 0. The minimum Gasteiger partial charge on any atom is -0.381 e. The molecular weight excluding hydrogens is 222 g/mol. The number of fused-ring (bicyclic) bond motifs is 3. The van der Waals surface area contributed by atoms with Gasteiger partial charge in [0, 0.05) is 19.1 Å². The number of hydrogen-bond donors (Lipinski definition) is 1. The van der Waals surface area contributed by atoms with Crippen LogP contribution in [-0.2, 0) is 0 Å². The second-order valence-corrected chi connectivity index (χ2v) is 5.02. The van der Waals surface area contributed by atoms with Gasteiger partial charge in [0.15, 0.2) is 11.6 Å². The van der Waals surface area contributed by atoms with Crippen LogP contribution in [0.1, 0.15) is 19.8 Å². The summed E-state index contributed by atoms with van der Waals surface area (Å²) >= 11 is 0. The van der Waals surface area contributed by atoms with Gasteiger partial charge in [-0.25, -0.2) is 8.78 Å². The van der Waals surface area contributed by atoms with Crippen molar-refractivity contribution in [1.29, 1.82) is 0 Å². The van der Waals surface area contributed by atoms with Crippen molar-refractivity contribution in [2.24, 2.45) is 5.92 Å². The molecule has 2 unspecified atom stereocenters. The summed E-state index contributed by atoms with van der Waals surface area (Å²) in [7, 11) is 0. The maximum atomic E-state index is 13.9. The van der Waals surface area contributed by atoms with E-state index < -0.39 is 11.6 Å². The second kappa shape index (κ2) is 3.86. The standard InChI is InChI=1S/C13H16F2N2/c1-8-3-2-6-17-11(8)7-16-10-5-4-9(14)12(15)13(10)17/h4-5,8,11,16H,2-3,6-7H2,1H3. The summed E-state index contributed by atoms with van der Waals surface area (Å²) < 4.78 is 27.3. The Morgan fingerprint density at radius 1 is 1.35 bits per heavy atom. The van der Waals surface area contributed by atoms with E-state index in [4.69, 9.17) is 0 Å². The third-order valence-corrected chi connectivity index (χ3v) is 3.97. The molecule has 2 nitrogen and oxygen atoms in total. The van der Waals surface area contributed by atoms with Crippen molar-refractivity contribution in [3.8, 4) is 0 Å². The van der Waals surface area contributed by atoms with Gasteiger partial charge in [-0.2, -0.15) is 0 Å². The van der Waals surface area contributed by atoms with Crippen LogP contribution in [-0.4, -0.2) is 19.1 Å². The van der Waals surface area contributed by atoms with Crippen molar-refractivity contribution < 1.29 is 8.78 Å². The molecule has 0 spiro atoms. The van der Waals surface area contributed by atoms with E-state index >= 15 is 0 Å². The van der Waals surface area contributed by atoms with Crippen LogP contribution in [0.2, 0.25) is 0 Å². The predicted octanol–water partition coefficient (Wildman–Crippen LogP) is 3.00. The first kappa shape index (κ1) is 10.8. The summed E-state index contributed by atoms with van der Waals surface area (Å²) in [6, 6.07) is 3.10. The van der Waals surface area contributed by atoms with Crippen LogP contribution >= 0.6 is 0 Å². The fourth-order valence-electron chi connectivity index (χ4n) is 3.02. The zero-order valence-corrected chi connectivity index (χ0v) is 9.84. The molecule has 2 atom stereocenters. The van der Waals surface area contributed by atoms with E-state index in [2.05, 4.69) is 12.2 Å². The Kier molecular flexibility index (Phi) is 2.45. The molecule has 2 heterocycles. The molecule has 1 fully saturated rings. The first-order chi connectivity index (χ1) is 8.18. The summed E-state index contributed by atoms with van der Waals surface area (Å²) in [6.45, 7) is 3.82. The maximum Gasteiger partial charge on any atom is 0.184 e. The quantitative estimate of drug-likeness (QED) is 0.747. The number of hydrogen-bond acceptors (Lipinski definition) is 2. The summed E-state index contributed by atoms with van der Waals surface area (Å²) in [6.07, 6.45) is 2.21. The van der Waals surface area contributed by atoms with Crippen LogP contribution in [0, 0.1) is 17.6 Å². The van der Waals surface area contributed by atoms with Crippen molar-refractivity contribution in [3.05, 3.63) is 23.8 Å². The average molecular weight is 238 g/mol. The Bertz CT molecular complexity index is 447. The Hall–Kier alpha value is -1.32. The van der Waals surface area contributed by atoms with Crippen molar-refractivity contribution in [2.45, 2.75) is 25.8 Å². The molecule has 1 aromatic rings. The van der Waals surface area contributed by atoms with Gasteiger partial charge in [0.1, 0.15) is 0 Å². The highest BCUT2D eigenvalue weighted by molar-refractivity contribution is 5.73. The Labute approximate surface area is 99.6 Å². The molecule has 2 aliphatic rings. The molecule has 0 bridgehead atoms. The molecule has 0 amide bonds. The lowest BCUT2D eigenvalue weighted by atomic mass is 9.88. The van der Waals surface area contributed by atoms with E-state index in [9.17, 15) is 8.78 Å². The van der Waals surface area contributed by atoms with Crippen molar-refractivity contribution in [2.75, 3.05) is 23.3 Å². The zero-order chi connectivity index (χ0) is 12.0. The largest absolute Gasteiger partial charge is 0.381 e. The van der Waals surface area contributed by atoms with Crippen molar-refractivity contribution in [1.82, 2.24) is 0 Å². The minimum absolute atomic E-state index is 0.285. The van der Waals surface area contributed by atoms with Crippen LogP contribution in [0.3, 0.4) is 0 Å². The van der Waals surface area contributed by atoms with E-state index in [1.54, 1.807) is 6.07 Å². The second-order valence-electron chi connectivity index (χ2n) is 5.02. The SMILES string of the molecule is CC1CCCN2c3c(ccc(F)c3F)NCC12. The average Bonchev–Trinajstić information content (AvgIpc) is 2.34.